The summed E-state index contributed by atoms with van der Waals surface area (Å²) >= 11 is 5.83. The molecule has 1 N–H and O–H groups in total. The lowest BCUT2D eigenvalue weighted by Crippen LogP contribution is -1.97. The van der Waals surface area contributed by atoms with Crippen LogP contribution in [0.15, 0.2) is 60.7 Å². The Kier molecular flexibility index (Phi) is 4.43. The predicted molar refractivity (Wildman–Crippen MR) is 102 cm³/mol. The van der Waals surface area contributed by atoms with E-state index >= 15 is 0 Å². The highest BCUT2D eigenvalue weighted by Gasteiger charge is 2.16. The number of H-pyrrole nitrogens is 1. The van der Waals surface area contributed by atoms with Crippen LogP contribution in [-0.2, 0) is 6.61 Å². The van der Waals surface area contributed by atoms with E-state index in [9.17, 15) is 10.1 Å². The topological polar surface area (TPSA) is 93.9 Å². The highest BCUT2D eigenvalue weighted by atomic mass is 35.5. The van der Waals surface area contributed by atoms with Crippen molar-refractivity contribution in [2.75, 3.05) is 0 Å². The number of halogens is 1. The molecule has 0 atom stereocenters. The Balaban J connectivity index is 1.51. The van der Waals surface area contributed by atoms with Crippen LogP contribution in [0.4, 0.5) is 5.69 Å². The number of fused-ring (bicyclic) bond motifs is 1. The molecule has 134 valence electrons. The highest BCUT2D eigenvalue weighted by molar-refractivity contribution is 6.32. The van der Waals surface area contributed by atoms with Crippen LogP contribution in [0.3, 0.4) is 0 Å². The molecule has 1 heterocycles. The number of benzene rings is 3. The average Bonchev–Trinajstić information content (AvgIpc) is 3.15. The molecule has 0 aliphatic heterocycles. The molecule has 0 aliphatic carbocycles. The Bertz CT molecular complexity index is 1140. The van der Waals surface area contributed by atoms with Gasteiger partial charge in [-0.05, 0) is 35.0 Å². The second-order valence-corrected chi connectivity index (χ2v) is 6.23. The molecule has 0 spiro atoms. The minimum Gasteiger partial charge on any atom is -0.486 e. The number of ether oxygens (including phenoxy) is 1. The summed E-state index contributed by atoms with van der Waals surface area (Å²) in [5, 5.41) is 20.2. The molecule has 8 heteroatoms. The van der Waals surface area contributed by atoms with Crippen LogP contribution in [0, 0.1) is 10.1 Å². The first-order valence-corrected chi connectivity index (χ1v) is 8.45. The molecule has 7 nitrogen and oxygen atoms in total. The molecule has 0 radical (unpaired) electrons. The predicted octanol–water partition coefficient (Wildman–Crippen LogP) is 4.77. The van der Waals surface area contributed by atoms with Crippen LogP contribution in [-0.4, -0.2) is 20.1 Å². The van der Waals surface area contributed by atoms with E-state index in [1.165, 1.54) is 12.1 Å². The third-order valence-electron chi connectivity index (χ3n) is 4.03. The SMILES string of the molecule is O=[N+]([O-])c1cc(-c2n[nH]c(COc3ccc4ccccc4c3)n2)ccc1Cl. The van der Waals surface area contributed by atoms with Crippen molar-refractivity contribution in [3.05, 3.63) is 81.6 Å². The van der Waals surface area contributed by atoms with Gasteiger partial charge in [0.05, 0.1) is 4.92 Å². The van der Waals surface area contributed by atoms with E-state index in [4.69, 9.17) is 16.3 Å². The van der Waals surface area contributed by atoms with Gasteiger partial charge in [-0.3, -0.25) is 15.2 Å². The Morgan fingerprint density at radius 3 is 2.70 bits per heavy atom. The summed E-state index contributed by atoms with van der Waals surface area (Å²) in [6.45, 7) is 0.195. The number of hydrogen-bond acceptors (Lipinski definition) is 5. The number of aromatic nitrogens is 3. The molecule has 0 unspecified atom stereocenters. The van der Waals surface area contributed by atoms with E-state index in [-0.39, 0.29) is 17.3 Å². The van der Waals surface area contributed by atoms with Gasteiger partial charge in [-0.1, -0.05) is 41.9 Å². The quantitative estimate of drug-likeness (QED) is 0.397. The molecule has 4 rings (SSSR count). The van der Waals surface area contributed by atoms with Crippen LogP contribution >= 0.6 is 11.6 Å². The Morgan fingerprint density at radius 1 is 1.07 bits per heavy atom. The first kappa shape index (κ1) is 17.0. The molecule has 4 aromatic rings. The Hall–Kier alpha value is -3.45. The standard InChI is InChI=1S/C19H13ClN4O3/c20-16-8-6-14(10-17(16)24(25)26)19-21-18(22-23-19)11-27-15-7-5-12-3-1-2-4-13(12)9-15/h1-10H,11H2,(H,21,22,23). The van der Waals surface area contributed by atoms with E-state index in [2.05, 4.69) is 15.2 Å². The fraction of sp³-hybridized carbons (Fsp3) is 0.0526. The summed E-state index contributed by atoms with van der Waals surface area (Å²) < 4.78 is 5.77. The molecule has 3 aromatic carbocycles. The third-order valence-corrected chi connectivity index (χ3v) is 4.35. The zero-order valence-electron chi connectivity index (χ0n) is 13.9. The summed E-state index contributed by atoms with van der Waals surface area (Å²) in [6.07, 6.45) is 0. The van der Waals surface area contributed by atoms with Gasteiger partial charge in [0.2, 0.25) is 0 Å². The lowest BCUT2D eigenvalue weighted by atomic mass is 10.1. The van der Waals surface area contributed by atoms with Crippen LogP contribution < -0.4 is 4.74 Å². The molecule has 27 heavy (non-hydrogen) atoms. The van der Waals surface area contributed by atoms with E-state index in [0.29, 0.717) is 23.0 Å². The van der Waals surface area contributed by atoms with Gasteiger partial charge in [-0.25, -0.2) is 4.98 Å². The lowest BCUT2D eigenvalue weighted by Gasteiger charge is -2.05. The normalized spacial score (nSPS) is 10.9. The molecule has 0 amide bonds. The summed E-state index contributed by atoms with van der Waals surface area (Å²) in [7, 11) is 0. The van der Waals surface area contributed by atoms with E-state index in [0.717, 1.165) is 10.8 Å². The van der Waals surface area contributed by atoms with Crippen LogP contribution in [0.1, 0.15) is 5.82 Å². The molecule has 1 aromatic heterocycles. The van der Waals surface area contributed by atoms with Crippen LogP contribution in [0.5, 0.6) is 5.75 Å². The van der Waals surface area contributed by atoms with Crippen molar-refractivity contribution in [3.8, 4) is 17.1 Å². The monoisotopic (exact) mass is 380 g/mol. The summed E-state index contributed by atoms with van der Waals surface area (Å²) in [6, 6.07) is 18.3. The van der Waals surface area contributed by atoms with Crippen molar-refractivity contribution < 1.29 is 9.66 Å². The van der Waals surface area contributed by atoms with Gasteiger partial charge in [0.1, 0.15) is 17.4 Å². The van der Waals surface area contributed by atoms with Gasteiger partial charge in [0, 0.05) is 11.6 Å². The second-order valence-electron chi connectivity index (χ2n) is 5.83. The lowest BCUT2D eigenvalue weighted by molar-refractivity contribution is -0.384. The van der Waals surface area contributed by atoms with E-state index < -0.39 is 4.92 Å². The van der Waals surface area contributed by atoms with Crippen molar-refractivity contribution in [2.24, 2.45) is 0 Å². The zero-order valence-corrected chi connectivity index (χ0v) is 14.7. The maximum atomic E-state index is 11.0. The van der Waals surface area contributed by atoms with Gasteiger partial charge >= 0.3 is 0 Å². The first-order valence-electron chi connectivity index (χ1n) is 8.07. The fourth-order valence-corrected chi connectivity index (χ4v) is 2.88. The van der Waals surface area contributed by atoms with Gasteiger partial charge < -0.3 is 4.74 Å². The molecule has 0 aliphatic rings. The molecular formula is C19H13ClN4O3. The molecule has 0 fully saturated rings. The minimum atomic E-state index is -0.539. The minimum absolute atomic E-state index is 0.0687. The van der Waals surface area contributed by atoms with Crippen molar-refractivity contribution >= 4 is 28.1 Å². The number of aromatic amines is 1. The number of nitro groups is 1. The molecule has 0 bridgehead atoms. The maximum absolute atomic E-state index is 11.0. The number of nitrogens with one attached hydrogen (secondary N) is 1. The average molecular weight is 381 g/mol. The zero-order chi connectivity index (χ0) is 18.8. The van der Waals surface area contributed by atoms with Crippen molar-refractivity contribution in [1.29, 1.82) is 0 Å². The molecular weight excluding hydrogens is 368 g/mol. The number of hydrogen-bond donors (Lipinski definition) is 1. The molecule has 0 saturated heterocycles. The molecule has 0 saturated carbocycles. The Morgan fingerprint density at radius 2 is 1.89 bits per heavy atom. The third kappa shape index (κ3) is 3.58. The van der Waals surface area contributed by atoms with Crippen molar-refractivity contribution in [2.45, 2.75) is 6.61 Å². The van der Waals surface area contributed by atoms with Gasteiger partial charge in [0.15, 0.2) is 11.6 Å². The summed E-state index contributed by atoms with van der Waals surface area (Å²) in [5.74, 6) is 1.57. The van der Waals surface area contributed by atoms with E-state index in [1.54, 1.807) is 6.07 Å². The van der Waals surface area contributed by atoms with Crippen molar-refractivity contribution in [1.82, 2.24) is 15.2 Å². The maximum Gasteiger partial charge on any atom is 0.288 e. The Labute approximate surface area is 158 Å². The number of rotatable bonds is 5. The smallest absolute Gasteiger partial charge is 0.288 e. The van der Waals surface area contributed by atoms with Crippen LogP contribution in [0.2, 0.25) is 5.02 Å². The van der Waals surface area contributed by atoms with E-state index in [1.807, 2.05) is 42.5 Å². The van der Waals surface area contributed by atoms with Gasteiger partial charge in [-0.15, -0.1) is 0 Å². The highest BCUT2D eigenvalue weighted by Crippen LogP contribution is 2.29. The number of nitro benzene ring substituents is 1. The van der Waals surface area contributed by atoms with Gasteiger partial charge in [0.25, 0.3) is 5.69 Å². The van der Waals surface area contributed by atoms with Crippen molar-refractivity contribution in [3.63, 3.8) is 0 Å². The second kappa shape index (κ2) is 7.05. The van der Waals surface area contributed by atoms with Crippen LogP contribution in [0.25, 0.3) is 22.2 Å². The summed E-state index contributed by atoms with van der Waals surface area (Å²) in [4.78, 5) is 14.8. The largest absolute Gasteiger partial charge is 0.486 e. The first-order chi connectivity index (χ1) is 13.1. The fourth-order valence-electron chi connectivity index (χ4n) is 2.69. The summed E-state index contributed by atoms with van der Waals surface area (Å²) in [5.41, 5.74) is 0.312. The number of nitrogens with zero attached hydrogens (tertiary/aromatic N) is 3. The van der Waals surface area contributed by atoms with Gasteiger partial charge in [-0.2, -0.15) is 5.10 Å².